The molecule has 17 heavy (non-hydrogen) atoms. The average molecular weight is 241 g/mol. The van der Waals surface area contributed by atoms with Crippen LogP contribution in [0.25, 0.3) is 0 Å². The van der Waals surface area contributed by atoms with Crippen LogP contribution in [0.3, 0.4) is 0 Å². The number of hydrogen-bond donors (Lipinski definition) is 1. The molecular weight excluding hydrogens is 220 g/mol. The van der Waals surface area contributed by atoms with Crippen molar-refractivity contribution in [3.8, 4) is 0 Å². The maximum Gasteiger partial charge on any atom is 0.126 e. The smallest absolute Gasteiger partial charge is 0.126 e. The van der Waals surface area contributed by atoms with Gasteiger partial charge in [-0.2, -0.15) is 0 Å². The minimum absolute atomic E-state index is 0.00282. The van der Waals surface area contributed by atoms with Crippen molar-refractivity contribution in [2.75, 3.05) is 6.54 Å². The van der Waals surface area contributed by atoms with Crippen molar-refractivity contribution in [2.24, 2.45) is 5.92 Å². The second-order valence-electron chi connectivity index (χ2n) is 4.99. The predicted molar refractivity (Wildman–Crippen MR) is 67.1 cm³/mol. The quantitative estimate of drug-likeness (QED) is 0.828. The highest BCUT2D eigenvalue weighted by Gasteiger charge is 2.18. The molecule has 0 bridgehead atoms. The van der Waals surface area contributed by atoms with Crippen LogP contribution in [-0.2, 0) is 0 Å². The van der Waals surface area contributed by atoms with E-state index < -0.39 is 0 Å². The van der Waals surface area contributed by atoms with Gasteiger partial charge in [0.05, 0.1) is 0 Å². The summed E-state index contributed by atoms with van der Waals surface area (Å²) in [6.07, 6.45) is 0. The molecule has 0 fully saturated rings. The lowest BCUT2D eigenvalue weighted by Gasteiger charge is -2.22. The van der Waals surface area contributed by atoms with Crippen molar-refractivity contribution in [3.05, 3.63) is 35.4 Å². The van der Waals surface area contributed by atoms with Gasteiger partial charge >= 0.3 is 0 Å². The molecule has 1 aromatic rings. The van der Waals surface area contributed by atoms with Crippen LogP contribution in [-0.4, -0.2) is 12.6 Å². The van der Waals surface area contributed by atoms with Gasteiger partial charge < -0.3 is 5.32 Å². The summed E-state index contributed by atoms with van der Waals surface area (Å²) in [5.74, 6) is -0.446. The first-order chi connectivity index (χ1) is 7.91. The molecule has 0 spiro atoms. The van der Waals surface area contributed by atoms with Crippen LogP contribution in [0.5, 0.6) is 0 Å². The van der Waals surface area contributed by atoms with Gasteiger partial charge in [0.15, 0.2) is 0 Å². The summed E-state index contributed by atoms with van der Waals surface area (Å²) >= 11 is 0. The van der Waals surface area contributed by atoms with E-state index in [1.54, 1.807) is 0 Å². The van der Waals surface area contributed by atoms with Crippen molar-refractivity contribution in [2.45, 2.75) is 39.7 Å². The highest BCUT2D eigenvalue weighted by molar-refractivity contribution is 5.22. The van der Waals surface area contributed by atoms with E-state index in [2.05, 4.69) is 19.2 Å². The third kappa shape index (κ3) is 4.08. The fourth-order valence-electron chi connectivity index (χ4n) is 1.77. The number of nitrogens with one attached hydrogen (secondary N) is 1. The molecule has 0 saturated heterocycles. The van der Waals surface area contributed by atoms with Crippen LogP contribution >= 0.6 is 0 Å². The van der Waals surface area contributed by atoms with E-state index in [0.717, 1.165) is 12.6 Å². The summed E-state index contributed by atoms with van der Waals surface area (Å²) in [6, 6.07) is 4.06. The number of halogens is 2. The second-order valence-corrected chi connectivity index (χ2v) is 4.99. The van der Waals surface area contributed by atoms with Crippen LogP contribution in [0.2, 0.25) is 0 Å². The van der Waals surface area contributed by atoms with Crippen LogP contribution in [0.1, 0.15) is 39.2 Å². The van der Waals surface area contributed by atoms with Gasteiger partial charge in [0, 0.05) is 6.04 Å². The van der Waals surface area contributed by atoms with E-state index in [1.165, 1.54) is 12.1 Å². The monoisotopic (exact) mass is 241 g/mol. The molecule has 0 aliphatic rings. The zero-order valence-corrected chi connectivity index (χ0v) is 10.9. The Morgan fingerprint density at radius 3 is 2.35 bits per heavy atom. The third-order valence-electron chi connectivity index (χ3n) is 3.15. The van der Waals surface area contributed by atoms with Gasteiger partial charge in [0.1, 0.15) is 11.6 Å². The van der Waals surface area contributed by atoms with Crippen LogP contribution < -0.4 is 5.32 Å². The predicted octanol–water partition coefficient (Wildman–Crippen LogP) is 3.70. The van der Waals surface area contributed by atoms with Gasteiger partial charge in [-0.3, -0.25) is 0 Å². The number of benzene rings is 1. The summed E-state index contributed by atoms with van der Waals surface area (Å²) in [4.78, 5) is 0. The molecule has 1 nitrogen and oxygen atoms in total. The topological polar surface area (TPSA) is 12.0 Å². The summed E-state index contributed by atoms with van der Waals surface area (Å²) in [5.41, 5.74) is 0.461. The molecule has 1 rings (SSSR count). The zero-order chi connectivity index (χ0) is 13.0. The van der Waals surface area contributed by atoms with Gasteiger partial charge in [0.2, 0.25) is 0 Å². The standard InChI is InChI=1S/C14H21F2N/c1-9(2)17-8-10(3)11(4)13-7-12(15)5-6-14(13)16/h5-7,9-11,17H,8H2,1-4H3. The van der Waals surface area contributed by atoms with E-state index in [1.807, 2.05) is 13.8 Å². The summed E-state index contributed by atoms with van der Waals surface area (Å²) in [5, 5.41) is 3.31. The first kappa shape index (κ1) is 14.1. The van der Waals surface area contributed by atoms with Crippen molar-refractivity contribution in [3.63, 3.8) is 0 Å². The van der Waals surface area contributed by atoms with Crippen LogP contribution in [0.4, 0.5) is 8.78 Å². The molecule has 0 aromatic heterocycles. The Hall–Kier alpha value is -0.960. The number of rotatable bonds is 5. The Labute approximate surface area is 102 Å². The lowest BCUT2D eigenvalue weighted by Crippen LogP contribution is -2.30. The van der Waals surface area contributed by atoms with E-state index >= 15 is 0 Å². The molecule has 3 heteroatoms. The molecule has 2 unspecified atom stereocenters. The second kappa shape index (κ2) is 6.10. The Bertz CT molecular complexity index is 363. The van der Waals surface area contributed by atoms with Crippen molar-refractivity contribution in [1.29, 1.82) is 0 Å². The van der Waals surface area contributed by atoms with Gasteiger partial charge in [-0.15, -0.1) is 0 Å². The molecule has 0 heterocycles. The highest BCUT2D eigenvalue weighted by Crippen LogP contribution is 2.26. The minimum atomic E-state index is -0.378. The fraction of sp³-hybridized carbons (Fsp3) is 0.571. The Kier molecular flexibility index (Phi) is 5.06. The first-order valence-corrected chi connectivity index (χ1v) is 6.10. The van der Waals surface area contributed by atoms with Crippen molar-refractivity contribution >= 4 is 0 Å². The third-order valence-corrected chi connectivity index (χ3v) is 3.15. The molecule has 0 amide bonds. The maximum atomic E-state index is 13.6. The molecular formula is C14H21F2N. The average Bonchev–Trinajstić information content (AvgIpc) is 2.28. The molecule has 0 aliphatic heterocycles. The van der Waals surface area contributed by atoms with Crippen LogP contribution in [0.15, 0.2) is 18.2 Å². The van der Waals surface area contributed by atoms with Gasteiger partial charge in [0.25, 0.3) is 0 Å². The van der Waals surface area contributed by atoms with Crippen molar-refractivity contribution < 1.29 is 8.78 Å². The van der Waals surface area contributed by atoms with E-state index in [4.69, 9.17) is 0 Å². The van der Waals surface area contributed by atoms with Gasteiger partial charge in [-0.25, -0.2) is 8.78 Å². The largest absolute Gasteiger partial charge is 0.314 e. The van der Waals surface area contributed by atoms with Crippen LogP contribution in [0, 0.1) is 17.6 Å². The Balaban J connectivity index is 2.74. The number of hydrogen-bond acceptors (Lipinski definition) is 1. The first-order valence-electron chi connectivity index (χ1n) is 6.10. The molecule has 2 atom stereocenters. The highest BCUT2D eigenvalue weighted by atomic mass is 19.1. The van der Waals surface area contributed by atoms with E-state index in [9.17, 15) is 8.78 Å². The lowest BCUT2D eigenvalue weighted by molar-refractivity contribution is 0.414. The summed E-state index contributed by atoms with van der Waals surface area (Å²) in [6.45, 7) is 8.92. The molecule has 0 aliphatic carbocycles. The molecule has 1 N–H and O–H groups in total. The molecule has 1 aromatic carbocycles. The van der Waals surface area contributed by atoms with Gasteiger partial charge in [-0.05, 0) is 42.1 Å². The zero-order valence-electron chi connectivity index (χ0n) is 10.9. The fourth-order valence-corrected chi connectivity index (χ4v) is 1.77. The normalized spacial score (nSPS) is 15.0. The lowest BCUT2D eigenvalue weighted by atomic mass is 9.88. The molecule has 0 saturated carbocycles. The minimum Gasteiger partial charge on any atom is -0.314 e. The maximum absolute atomic E-state index is 13.6. The molecule has 0 radical (unpaired) electrons. The Morgan fingerprint density at radius 1 is 1.12 bits per heavy atom. The van der Waals surface area contributed by atoms with E-state index in [0.29, 0.717) is 11.6 Å². The summed E-state index contributed by atoms with van der Waals surface area (Å²) < 4.78 is 26.7. The Morgan fingerprint density at radius 2 is 1.76 bits per heavy atom. The molecule has 96 valence electrons. The van der Waals surface area contributed by atoms with E-state index in [-0.39, 0.29) is 23.5 Å². The summed E-state index contributed by atoms with van der Waals surface area (Å²) in [7, 11) is 0. The van der Waals surface area contributed by atoms with Gasteiger partial charge in [-0.1, -0.05) is 27.7 Å². The van der Waals surface area contributed by atoms with Crippen molar-refractivity contribution in [1.82, 2.24) is 5.32 Å². The SMILES string of the molecule is CC(C)NCC(C)C(C)c1cc(F)ccc1F.